The number of hydrogen-bond acceptors (Lipinski definition) is 4. The molecule has 4 rings (SSSR count). The second-order valence-electron chi connectivity index (χ2n) is 6.13. The molecule has 4 aromatic rings. The Morgan fingerprint density at radius 1 is 1.07 bits per heavy atom. The third-order valence-electron chi connectivity index (χ3n) is 4.56. The van der Waals surface area contributed by atoms with Crippen LogP contribution in [0, 0.1) is 0 Å². The number of rotatable bonds is 3. The minimum absolute atomic E-state index is 0.0178. The number of nitrogens with zero attached hydrogens (tertiary/aromatic N) is 1. The van der Waals surface area contributed by atoms with Crippen LogP contribution in [-0.2, 0) is 0 Å². The van der Waals surface area contributed by atoms with Gasteiger partial charge in [-0.05, 0) is 34.7 Å². The van der Waals surface area contributed by atoms with Gasteiger partial charge in [-0.1, -0.05) is 24.3 Å². The molecule has 0 fully saturated rings. The Morgan fingerprint density at radius 2 is 1.81 bits per heavy atom. The Hall–Kier alpha value is -2.64. The first-order valence-electron chi connectivity index (χ1n) is 8.15. The van der Waals surface area contributed by atoms with Gasteiger partial charge in [-0.25, -0.2) is 0 Å². The topological polar surface area (TPSA) is 48.1 Å². The predicted octanol–water partition coefficient (Wildman–Crippen LogP) is 5.69. The van der Waals surface area contributed by atoms with E-state index in [0.717, 1.165) is 32.1 Å². The van der Waals surface area contributed by atoms with Crippen LogP contribution in [0.15, 0.2) is 54.0 Å². The molecule has 0 aliphatic heterocycles. The lowest BCUT2D eigenvalue weighted by Crippen LogP contribution is -2.28. The van der Waals surface area contributed by atoms with E-state index in [4.69, 9.17) is 10.5 Å². The minimum atomic E-state index is -4.48. The molecule has 1 atom stereocenters. The van der Waals surface area contributed by atoms with Gasteiger partial charge >= 0.3 is 6.18 Å². The molecule has 2 aromatic heterocycles. The SMILES string of the molecule is COc1ccc2ncc3sccc3c2c1-c1ccc(C(N)C(F)(F)F)cc1. The van der Waals surface area contributed by atoms with Crippen molar-refractivity contribution in [3.05, 3.63) is 59.6 Å². The molecule has 138 valence electrons. The molecule has 0 aliphatic carbocycles. The van der Waals surface area contributed by atoms with Gasteiger partial charge < -0.3 is 10.5 Å². The quantitative estimate of drug-likeness (QED) is 0.491. The minimum Gasteiger partial charge on any atom is -0.496 e. The van der Waals surface area contributed by atoms with Crippen molar-refractivity contribution in [1.82, 2.24) is 4.98 Å². The van der Waals surface area contributed by atoms with Crippen molar-refractivity contribution in [1.29, 1.82) is 0 Å². The Bertz CT molecular complexity index is 1120. The average Bonchev–Trinajstić information content (AvgIpc) is 3.15. The van der Waals surface area contributed by atoms with E-state index < -0.39 is 12.2 Å². The lowest BCUT2D eigenvalue weighted by atomic mass is 9.95. The zero-order valence-electron chi connectivity index (χ0n) is 14.2. The van der Waals surface area contributed by atoms with Crippen molar-refractivity contribution in [2.24, 2.45) is 5.73 Å². The van der Waals surface area contributed by atoms with E-state index in [2.05, 4.69) is 4.98 Å². The molecular formula is C20H15F3N2OS. The highest BCUT2D eigenvalue weighted by Gasteiger charge is 2.37. The van der Waals surface area contributed by atoms with Crippen LogP contribution in [0.3, 0.4) is 0 Å². The summed E-state index contributed by atoms with van der Waals surface area (Å²) in [6.45, 7) is 0. The maximum Gasteiger partial charge on any atom is 0.407 e. The number of methoxy groups -OCH3 is 1. The van der Waals surface area contributed by atoms with Crippen molar-refractivity contribution in [2.45, 2.75) is 12.2 Å². The standard InChI is InChI=1S/C20H15F3N2OS/c1-26-15-7-6-14-18(13-8-9-27-16(13)10-25-14)17(15)11-2-4-12(5-3-11)19(24)20(21,22)23/h2-10,19H,24H2,1H3. The highest BCUT2D eigenvalue weighted by Crippen LogP contribution is 2.41. The molecule has 0 saturated heterocycles. The molecule has 27 heavy (non-hydrogen) atoms. The molecule has 0 bridgehead atoms. The van der Waals surface area contributed by atoms with Gasteiger partial charge in [-0.2, -0.15) is 13.2 Å². The van der Waals surface area contributed by atoms with Crippen LogP contribution in [0.25, 0.3) is 32.1 Å². The fourth-order valence-electron chi connectivity index (χ4n) is 3.21. The highest BCUT2D eigenvalue weighted by atomic mass is 32.1. The summed E-state index contributed by atoms with van der Waals surface area (Å²) in [5.74, 6) is 0.635. The number of aromatic nitrogens is 1. The van der Waals surface area contributed by atoms with Crippen molar-refractivity contribution in [3.8, 4) is 16.9 Å². The van der Waals surface area contributed by atoms with E-state index in [-0.39, 0.29) is 5.56 Å². The third-order valence-corrected chi connectivity index (χ3v) is 5.41. The predicted molar refractivity (Wildman–Crippen MR) is 102 cm³/mol. The molecule has 2 N–H and O–H groups in total. The summed E-state index contributed by atoms with van der Waals surface area (Å²) in [4.78, 5) is 4.51. The number of alkyl halides is 3. The number of halogens is 3. The first-order valence-corrected chi connectivity index (χ1v) is 9.03. The summed E-state index contributed by atoms with van der Waals surface area (Å²) in [7, 11) is 1.57. The fourth-order valence-corrected chi connectivity index (χ4v) is 3.97. The summed E-state index contributed by atoms with van der Waals surface area (Å²) in [5, 5.41) is 3.94. The van der Waals surface area contributed by atoms with Crippen molar-refractivity contribution < 1.29 is 17.9 Å². The Balaban J connectivity index is 1.94. The van der Waals surface area contributed by atoms with Crippen molar-refractivity contribution in [2.75, 3.05) is 7.11 Å². The maximum absolute atomic E-state index is 12.9. The Kier molecular flexibility index (Phi) is 4.28. The van der Waals surface area contributed by atoms with Gasteiger partial charge in [0.1, 0.15) is 11.8 Å². The van der Waals surface area contributed by atoms with Gasteiger partial charge in [0.15, 0.2) is 0 Å². The van der Waals surface area contributed by atoms with E-state index in [1.807, 2.05) is 29.8 Å². The van der Waals surface area contributed by atoms with Crippen LogP contribution < -0.4 is 10.5 Å². The number of ether oxygens (including phenoxy) is 1. The van der Waals surface area contributed by atoms with Gasteiger partial charge in [0.05, 0.1) is 17.3 Å². The Morgan fingerprint density at radius 3 is 2.48 bits per heavy atom. The van der Waals surface area contributed by atoms with Crippen LogP contribution >= 0.6 is 11.3 Å². The maximum atomic E-state index is 12.9. The summed E-state index contributed by atoms with van der Waals surface area (Å²) < 4.78 is 45.2. The second-order valence-corrected chi connectivity index (χ2v) is 7.08. The molecule has 2 heterocycles. The van der Waals surface area contributed by atoms with E-state index in [1.54, 1.807) is 30.6 Å². The molecule has 3 nitrogen and oxygen atoms in total. The van der Waals surface area contributed by atoms with E-state index in [1.165, 1.54) is 12.1 Å². The number of benzene rings is 2. The van der Waals surface area contributed by atoms with Crippen LogP contribution in [0.1, 0.15) is 11.6 Å². The first-order chi connectivity index (χ1) is 12.9. The first kappa shape index (κ1) is 17.8. The molecule has 1 unspecified atom stereocenters. The van der Waals surface area contributed by atoms with Gasteiger partial charge in [-0.3, -0.25) is 4.98 Å². The van der Waals surface area contributed by atoms with Gasteiger partial charge in [0.2, 0.25) is 0 Å². The lowest BCUT2D eigenvalue weighted by molar-refractivity contribution is -0.149. The summed E-state index contributed by atoms with van der Waals surface area (Å²) >= 11 is 1.58. The van der Waals surface area contributed by atoms with Crippen LogP contribution in [0.5, 0.6) is 5.75 Å². The van der Waals surface area contributed by atoms with Gasteiger partial charge in [0, 0.05) is 22.5 Å². The zero-order valence-corrected chi connectivity index (χ0v) is 15.1. The summed E-state index contributed by atoms with van der Waals surface area (Å²) in [5.41, 5.74) is 7.68. The number of pyridine rings is 1. The zero-order chi connectivity index (χ0) is 19.2. The van der Waals surface area contributed by atoms with Crippen molar-refractivity contribution >= 4 is 32.3 Å². The van der Waals surface area contributed by atoms with Crippen molar-refractivity contribution in [3.63, 3.8) is 0 Å². The third kappa shape index (κ3) is 3.02. The lowest BCUT2D eigenvalue weighted by Gasteiger charge is -2.17. The van der Waals surface area contributed by atoms with Crippen LogP contribution in [-0.4, -0.2) is 18.3 Å². The second kappa shape index (κ2) is 6.51. The summed E-state index contributed by atoms with van der Waals surface area (Å²) in [6.07, 6.45) is -2.66. The highest BCUT2D eigenvalue weighted by molar-refractivity contribution is 7.17. The monoisotopic (exact) mass is 388 g/mol. The Labute approximate surface area is 157 Å². The molecule has 0 saturated carbocycles. The van der Waals surface area contributed by atoms with Gasteiger partial charge in [-0.15, -0.1) is 11.3 Å². The number of nitrogens with two attached hydrogens (primary N) is 1. The largest absolute Gasteiger partial charge is 0.496 e. The normalized spacial score (nSPS) is 13.2. The molecular weight excluding hydrogens is 373 g/mol. The number of hydrogen-bond donors (Lipinski definition) is 1. The van der Waals surface area contributed by atoms with Crippen LogP contribution in [0.2, 0.25) is 0 Å². The number of thiophene rings is 1. The molecule has 0 radical (unpaired) electrons. The van der Waals surface area contributed by atoms with E-state index >= 15 is 0 Å². The molecule has 7 heteroatoms. The van der Waals surface area contributed by atoms with E-state index in [0.29, 0.717) is 5.75 Å². The molecule has 0 aliphatic rings. The smallest absolute Gasteiger partial charge is 0.407 e. The van der Waals surface area contributed by atoms with Gasteiger partial charge in [0.25, 0.3) is 0 Å². The molecule has 2 aromatic carbocycles. The average molecular weight is 388 g/mol. The molecule has 0 spiro atoms. The summed E-state index contributed by atoms with van der Waals surface area (Å²) in [6, 6.07) is 9.81. The number of fused-ring (bicyclic) bond motifs is 3. The van der Waals surface area contributed by atoms with E-state index in [9.17, 15) is 13.2 Å². The fraction of sp³-hybridized carbons (Fsp3) is 0.150. The molecule has 0 amide bonds. The van der Waals surface area contributed by atoms with Crippen LogP contribution in [0.4, 0.5) is 13.2 Å².